The molecule has 0 fully saturated rings. The SMILES string of the molecule is CCOc1ccc(N=C(C)c2c(C)nnc(CCCNCc3ccccc3)c2N)c(F)c1. The Morgan fingerprint density at radius 2 is 1.94 bits per heavy atom. The van der Waals surface area contributed by atoms with Crippen molar-refractivity contribution in [3.63, 3.8) is 0 Å². The third-order valence-corrected chi connectivity index (χ3v) is 5.08. The standard InChI is InChI=1S/C25H30FN5O/c1-4-32-20-12-13-22(21(26)15-20)29-17(2)24-18(3)30-31-23(25(24)27)11-8-14-28-16-19-9-6-5-7-10-19/h5-7,9-10,12-13,15,28H,4,8,11,14,16H2,1-3H3,(H2,27,30). The Labute approximate surface area is 188 Å². The van der Waals surface area contributed by atoms with Crippen LogP contribution in [0.1, 0.15) is 42.8 Å². The number of hydrogen-bond donors (Lipinski definition) is 2. The highest BCUT2D eigenvalue weighted by molar-refractivity contribution is 6.05. The van der Waals surface area contributed by atoms with Gasteiger partial charge in [0, 0.05) is 23.9 Å². The van der Waals surface area contributed by atoms with Gasteiger partial charge in [-0.2, -0.15) is 10.2 Å². The smallest absolute Gasteiger partial charge is 0.152 e. The van der Waals surface area contributed by atoms with E-state index in [2.05, 4.69) is 32.6 Å². The van der Waals surface area contributed by atoms with Crippen LogP contribution in [0.25, 0.3) is 0 Å². The second kappa shape index (κ2) is 11.3. The van der Waals surface area contributed by atoms with Crippen LogP contribution in [0.2, 0.25) is 0 Å². The van der Waals surface area contributed by atoms with Crippen LogP contribution in [0.4, 0.5) is 15.8 Å². The minimum Gasteiger partial charge on any atom is -0.494 e. The molecular weight excluding hydrogens is 405 g/mol. The third-order valence-electron chi connectivity index (χ3n) is 5.08. The minimum atomic E-state index is -0.446. The summed E-state index contributed by atoms with van der Waals surface area (Å²) in [5, 5.41) is 12.0. The van der Waals surface area contributed by atoms with E-state index in [0.29, 0.717) is 41.4 Å². The number of nitrogens with one attached hydrogen (secondary N) is 1. The lowest BCUT2D eigenvalue weighted by atomic mass is 10.0. The lowest BCUT2D eigenvalue weighted by molar-refractivity contribution is 0.338. The molecule has 0 saturated carbocycles. The molecule has 0 bridgehead atoms. The highest BCUT2D eigenvalue weighted by atomic mass is 19.1. The Hall–Kier alpha value is -3.32. The van der Waals surface area contributed by atoms with Crippen molar-refractivity contribution in [2.75, 3.05) is 18.9 Å². The van der Waals surface area contributed by atoms with Crippen LogP contribution in [0.15, 0.2) is 53.5 Å². The summed E-state index contributed by atoms with van der Waals surface area (Å²) in [6, 6.07) is 14.9. The fraction of sp³-hybridized carbons (Fsp3) is 0.320. The van der Waals surface area contributed by atoms with Crippen molar-refractivity contribution >= 4 is 17.1 Å². The molecule has 0 atom stereocenters. The Morgan fingerprint density at radius 1 is 1.16 bits per heavy atom. The Morgan fingerprint density at radius 3 is 2.66 bits per heavy atom. The molecule has 3 rings (SSSR count). The molecule has 0 spiro atoms. The van der Waals surface area contributed by atoms with Gasteiger partial charge in [0.05, 0.1) is 29.4 Å². The summed E-state index contributed by atoms with van der Waals surface area (Å²) >= 11 is 0. The summed E-state index contributed by atoms with van der Waals surface area (Å²) in [7, 11) is 0. The number of nitrogens with two attached hydrogens (primary N) is 1. The zero-order chi connectivity index (χ0) is 22.9. The Kier molecular flexibility index (Phi) is 8.27. The summed E-state index contributed by atoms with van der Waals surface area (Å²) in [5.41, 5.74) is 11.2. The maximum atomic E-state index is 14.4. The van der Waals surface area contributed by atoms with E-state index in [1.54, 1.807) is 12.1 Å². The summed E-state index contributed by atoms with van der Waals surface area (Å²) in [5.74, 6) is 0.0317. The molecule has 0 unspecified atom stereocenters. The molecular formula is C25H30FN5O. The zero-order valence-electron chi connectivity index (χ0n) is 18.9. The van der Waals surface area contributed by atoms with E-state index >= 15 is 0 Å². The van der Waals surface area contributed by atoms with Crippen LogP contribution in [0.5, 0.6) is 5.75 Å². The first kappa shape index (κ1) is 23.3. The van der Waals surface area contributed by atoms with E-state index in [-0.39, 0.29) is 5.69 Å². The maximum absolute atomic E-state index is 14.4. The second-order valence-electron chi connectivity index (χ2n) is 7.53. The molecule has 0 aliphatic carbocycles. The minimum absolute atomic E-state index is 0.230. The first-order valence-corrected chi connectivity index (χ1v) is 10.8. The van der Waals surface area contributed by atoms with Gasteiger partial charge < -0.3 is 15.8 Å². The fourth-order valence-electron chi connectivity index (χ4n) is 3.50. The van der Waals surface area contributed by atoms with E-state index < -0.39 is 5.82 Å². The lowest BCUT2D eigenvalue weighted by Gasteiger charge is -2.13. The lowest BCUT2D eigenvalue weighted by Crippen LogP contribution is -2.17. The Balaban J connectivity index is 1.68. The molecule has 0 saturated heterocycles. The average Bonchev–Trinajstić information content (AvgIpc) is 2.78. The number of anilines is 1. The first-order chi connectivity index (χ1) is 15.5. The van der Waals surface area contributed by atoms with Gasteiger partial charge in [0.25, 0.3) is 0 Å². The molecule has 1 heterocycles. The van der Waals surface area contributed by atoms with Crippen molar-refractivity contribution in [2.45, 2.75) is 40.2 Å². The summed E-state index contributed by atoms with van der Waals surface area (Å²) in [6.07, 6.45) is 1.57. The molecule has 1 aromatic heterocycles. The van der Waals surface area contributed by atoms with E-state index in [9.17, 15) is 4.39 Å². The van der Waals surface area contributed by atoms with Crippen LogP contribution in [-0.4, -0.2) is 29.1 Å². The fourth-order valence-corrected chi connectivity index (χ4v) is 3.50. The number of nitrogen functional groups attached to an aromatic ring is 1. The van der Waals surface area contributed by atoms with E-state index in [1.165, 1.54) is 11.6 Å². The first-order valence-electron chi connectivity index (χ1n) is 10.8. The number of aliphatic imine (C=N–C) groups is 1. The number of rotatable bonds is 10. The van der Waals surface area contributed by atoms with Gasteiger partial charge >= 0.3 is 0 Å². The predicted octanol–water partition coefficient (Wildman–Crippen LogP) is 4.77. The average molecular weight is 436 g/mol. The molecule has 168 valence electrons. The van der Waals surface area contributed by atoms with Gasteiger partial charge in [-0.15, -0.1) is 0 Å². The van der Waals surface area contributed by atoms with Gasteiger partial charge in [0.15, 0.2) is 5.82 Å². The van der Waals surface area contributed by atoms with E-state index in [0.717, 1.165) is 25.2 Å². The number of aromatic nitrogens is 2. The zero-order valence-corrected chi connectivity index (χ0v) is 18.9. The van der Waals surface area contributed by atoms with Crippen molar-refractivity contribution in [3.05, 3.63) is 76.9 Å². The molecule has 2 aromatic carbocycles. The molecule has 3 aromatic rings. The molecule has 3 N–H and O–H groups in total. The highest BCUT2D eigenvalue weighted by Crippen LogP contribution is 2.26. The van der Waals surface area contributed by atoms with Crippen molar-refractivity contribution in [1.29, 1.82) is 0 Å². The summed E-state index contributed by atoms with van der Waals surface area (Å²) < 4.78 is 19.8. The molecule has 6 nitrogen and oxygen atoms in total. The molecule has 32 heavy (non-hydrogen) atoms. The normalized spacial score (nSPS) is 11.6. The number of ether oxygens (including phenoxy) is 1. The molecule has 0 amide bonds. The third kappa shape index (κ3) is 6.11. The molecule has 0 aliphatic heterocycles. The van der Waals surface area contributed by atoms with Gasteiger partial charge in [0.2, 0.25) is 0 Å². The summed E-state index contributed by atoms with van der Waals surface area (Å²) in [6.45, 7) is 7.63. The van der Waals surface area contributed by atoms with E-state index in [4.69, 9.17) is 10.5 Å². The van der Waals surface area contributed by atoms with Crippen LogP contribution < -0.4 is 15.8 Å². The largest absolute Gasteiger partial charge is 0.494 e. The highest BCUT2D eigenvalue weighted by Gasteiger charge is 2.15. The van der Waals surface area contributed by atoms with Crippen molar-refractivity contribution < 1.29 is 9.13 Å². The van der Waals surface area contributed by atoms with E-state index in [1.807, 2.05) is 39.0 Å². The van der Waals surface area contributed by atoms with Gasteiger partial charge in [-0.1, -0.05) is 30.3 Å². The van der Waals surface area contributed by atoms with Crippen LogP contribution in [-0.2, 0) is 13.0 Å². The number of halogens is 1. The van der Waals surface area contributed by atoms with Crippen molar-refractivity contribution in [1.82, 2.24) is 15.5 Å². The topological polar surface area (TPSA) is 85.4 Å². The number of benzene rings is 2. The number of nitrogens with zero attached hydrogens (tertiary/aromatic N) is 3. The predicted molar refractivity (Wildman–Crippen MR) is 127 cm³/mol. The van der Waals surface area contributed by atoms with Crippen molar-refractivity contribution in [3.8, 4) is 5.75 Å². The van der Waals surface area contributed by atoms with Crippen LogP contribution in [0, 0.1) is 12.7 Å². The second-order valence-corrected chi connectivity index (χ2v) is 7.53. The van der Waals surface area contributed by atoms with Crippen LogP contribution >= 0.6 is 0 Å². The van der Waals surface area contributed by atoms with Gasteiger partial charge in [-0.3, -0.25) is 0 Å². The van der Waals surface area contributed by atoms with Gasteiger partial charge in [0.1, 0.15) is 5.75 Å². The number of aryl methyl sites for hydroxylation is 2. The Bertz CT molecular complexity index is 1070. The summed E-state index contributed by atoms with van der Waals surface area (Å²) in [4.78, 5) is 4.46. The molecule has 0 aliphatic rings. The van der Waals surface area contributed by atoms with Gasteiger partial charge in [-0.05, 0) is 57.9 Å². The van der Waals surface area contributed by atoms with Gasteiger partial charge in [-0.25, -0.2) is 9.38 Å². The number of hydrogen-bond acceptors (Lipinski definition) is 6. The monoisotopic (exact) mass is 435 g/mol. The van der Waals surface area contributed by atoms with Crippen LogP contribution in [0.3, 0.4) is 0 Å². The maximum Gasteiger partial charge on any atom is 0.152 e. The van der Waals surface area contributed by atoms with Crippen molar-refractivity contribution in [2.24, 2.45) is 4.99 Å². The molecule has 0 radical (unpaired) electrons. The molecule has 7 heteroatoms. The quantitative estimate of drug-likeness (QED) is 0.354.